The molecule has 2 fully saturated rings. The van der Waals surface area contributed by atoms with E-state index in [1.54, 1.807) is 13.0 Å². The second kappa shape index (κ2) is 11.0. The van der Waals surface area contributed by atoms with Gasteiger partial charge in [-0.25, -0.2) is 4.79 Å². The zero-order chi connectivity index (χ0) is 24.0. The van der Waals surface area contributed by atoms with Crippen molar-refractivity contribution in [1.29, 1.82) is 0 Å². The monoisotopic (exact) mass is 481 g/mol. The first-order valence-electron chi connectivity index (χ1n) is 11.9. The van der Waals surface area contributed by atoms with Gasteiger partial charge in [0.2, 0.25) is 5.91 Å². The molecule has 0 bridgehead atoms. The molecule has 1 aliphatic heterocycles. The average Bonchev–Trinajstić information content (AvgIpc) is 3.37. The molecule has 2 aromatic rings. The number of carbonyl (C=O) groups excluding carboxylic acids is 2. The molecular formula is C26H31N3O4S. The summed E-state index contributed by atoms with van der Waals surface area (Å²) in [6.07, 6.45) is 3.61. The Morgan fingerprint density at radius 1 is 1.09 bits per heavy atom. The molecule has 2 aliphatic rings. The summed E-state index contributed by atoms with van der Waals surface area (Å²) in [5.41, 5.74) is 2.33. The number of morpholine rings is 1. The molecule has 2 aromatic carbocycles. The van der Waals surface area contributed by atoms with Gasteiger partial charge in [0.05, 0.1) is 36.5 Å². The topological polar surface area (TPSA) is 79.9 Å². The van der Waals surface area contributed by atoms with Gasteiger partial charge in [0.1, 0.15) is 0 Å². The van der Waals surface area contributed by atoms with Crippen molar-refractivity contribution in [2.75, 3.05) is 43.1 Å². The SMILES string of the molecule is CCOC(=O)c1cc(NC(=S)NC(=O)C2(c3ccccc3)CCCC2)ccc1N1CCOCC1. The summed E-state index contributed by atoms with van der Waals surface area (Å²) in [4.78, 5) is 28.2. The first-order chi connectivity index (χ1) is 16.5. The van der Waals surface area contributed by atoms with Crippen LogP contribution in [0.3, 0.4) is 0 Å². The number of hydrogen-bond donors (Lipinski definition) is 2. The number of thiocarbonyl (C=S) groups is 1. The number of amides is 1. The maximum Gasteiger partial charge on any atom is 0.340 e. The molecular weight excluding hydrogens is 450 g/mol. The normalized spacial score (nSPS) is 17.1. The lowest BCUT2D eigenvalue weighted by molar-refractivity contribution is -0.125. The van der Waals surface area contributed by atoms with Gasteiger partial charge in [-0.15, -0.1) is 0 Å². The number of carbonyl (C=O) groups is 2. The van der Waals surface area contributed by atoms with Gasteiger partial charge >= 0.3 is 5.97 Å². The molecule has 0 spiro atoms. The quantitative estimate of drug-likeness (QED) is 0.476. The van der Waals surface area contributed by atoms with Crippen molar-refractivity contribution >= 4 is 40.6 Å². The third-order valence-corrected chi connectivity index (χ3v) is 6.75. The van der Waals surface area contributed by atoms with Crippen LogP contribution in [0.2, 0.25) is 0 Å². The van der Waals surface area contributed by atoms with E-state index in [1.165, 1.54) is 0 Å². The van der Waals surface area contributed by atoms with Crippen molar-refractivity contribution in [3.05, 3.63) is 59.7 Å². The van der Waals surface area contributed by atoms with E-state index < -0.39 is 11.4 Å². The van der Waals surface area contributed by atoms with Gasteiger partial charge in [0, 0.05) is 18.8 Å². The van der Waals surface area contributed by atoms with E-state index in [1.807, 2.05) is 42.5 Å². The maximum absolute atomic E-state index is 13.4. The molecule has 1 amide bonds. The highest BCUT2D eigenvalue weighted by atomic mass is 32.1. The van der Waals surface area contributed by atoms with Crippen LogP contribution in [0, 0.1) is 0 Å². The molecule has 180 valence electrons. The lowest BCUT2D eigenvalue weighted by Crippen LogP contribution is -2.46. The van der Waals surface area contributed by atoms with Gasteiger partial charge in [-0.05, 0) is 55.7 Å². The highest BCUT2D eigenvalue weighted by Crippen LogP contribution is 2.41. The van der Waals surface area contributed by atoms with Crippen molar-refractivity contribution < 1.29 is 19.1 Å². The molecule has 0 atom stereocenters. The lowest BCUT2D eigenvalue weighted by atomic mass is 9.78. The van der Waals surface area contributed by atoms with Crippen molar-refractivity contribution in [1.82, 2.24) is 5.32 Å². The van der Waals surface area contributed by atoms with Gasteiger partial charge in [0.25, 0.3) is 0 Å². The molecule has 0 aromatic heterocycles. The van der Waals surface area contributed by atoms with E-state index in [0.717, 1.165) is 36.9 Å². The number of nitrogens with zero attached hydrogens (tertiary/aromatic N) is 1. The first-order valence-corrected chi connectivity index (χ1v) is 12.3. The van der Waals surface area contributed by atoms with E-state index in [2.05, 4.69) is 15.5 Å². The van der Waals surface area contributed by atoms with Crippen LogP contribution in [-0.4, -0.2) is 49.9 Å². The fourth-order valence-electron chi connectivity index (χ4n) is 4.83. The second-order valence-corrected chi connectivity index (χ2v) is 9.02. The molecule has 1 saturated carbocycles. The van der Waals surface area contributed by atoms with E-state index in [0.29, 0.717) is 37.6 Å². The van der Waals surface area contributed by atoms with Crippen molar-refractivity contribution in [3.63, 3.8) is 0 Å². The van der Waals surface area contributed by atoms with Gasteiger partial charge in [0.15, 0.2) is 5.11 Å². The van der Waals surface area contributed by atoms with Crippen LogP contribution in [0.25, 0.3) is 0 Å². The largest absolute Gasteiger partial charge is 0.462 e. The Morgan fingerprint density at radius 2 is 1.79 bits per heavy atom. The number of nitrogens with one attached hydrogen (secondary N) is 2. The minimum Gasteiger partial charge on any atom is -0.462 e. The van der Waals surface area contributed by atoms with Gasteiger partial charge in [-0.1, -0.05) is 43.2 Å². The van der Waals surface area contributed by atoms with Crippen LogP contribution in [0.1, 0.15) is 48.5 Å². The molecule has 8 heteroatoms. The fraction of sp³-hybridized carbons (Fsp3) is 0.423. The van der Waals surface area contributed by atoms with Gasteiger partial charge in [-0.3, -0.25) is 4.79 Å². The molecule has 1 aliphatic carbocycles. The Balaban J connectivity index is 1.50. The summed E-state index contributed by atoms with van der Waals surface area (Å²) in [5, 5.41) is 6.19. The Kier molecular flexibility index (Phi) is 7.80. The number of anilines is 2. The molecule has 4 rings (SSSR count). The number of hydrogen-bond acceptors (Lipinski definition) is 6. The minimum atomic E-state index is -0.566. The molecule has 2 N–H and O–H groups in total. The summed E-state index contributed by atoms with van der Waals surface area (Å²) >= 11 is 5.48. The summed E-state index contributed by atoms with van der Waals surface area (Å²) in [6.45, 7) is 4.70. The Hall–Kier alpha value is -2.97. The molecule has 1 saturated heterocycles. The number of esters is 1. The van der Waals surface area contributed by atoms with Crippen molar-refractivity contribution in [2.45, 2.75) is 38.0 Å². The average molecular weight is 482 g/mol. The smallest absolute Gasteiger partial charge is 0.340 e. The summed E-state index contributed by atoms with van der Waals surface area (Å²) < 4.78 is 10.7. The van der Waals surface area contributed by atoms with Gasteiger partial charge in [-0.2, -0.15) is 0 Å². The minimum absolute atomic E-state index is 0.0933. The predicted molar refractivity (Wildman–Crippen MR) is 136 cm³/mol. The zero-order valence-electron chi connectivity index (χ0n) is 19.5. The van der Waals surface area contributed by atoms with Crippen LogP contribution in [0.5, 0.6) is 0 Å². The van der Waals surface area contributed by atoms with E-state index >= 15 is 0 Å². The molecule has 0 radical (unpaired) electrons. The van der Waals surface area contributed by atoms with Crippen molar-refractivity contribution in [3.8, 4) is 0 Å². The number of rotatable bonds is 6. The summed E-state index contributed by atoms with van der Waals surface area (Å²) in [6, 6.07) is 15.4. The maximum atomic E-state index is 13.4. The summed E-state index contributed by atoms with van der Waals surface area (Å²) in [7, 11) is 0. The highest BCUT2D eigenvalue weighted by Gasteiger charge is 2.42. The summed E-state index contributed by atoms with van der Waals surface area (Å²) in [5.74, 6) is -0.485. The van der Waals surface area contributed by atoms with E-state index in [4.69, 9.17) is 21.7 Å². The zero-order valence-corrected chi connectivity index (χ0v) is 20.3. The molecule has 34 heavy (non-hydrogen) atoms. The highest BCUT2D eigenvalue weighted by molar-refractivity contribution is 7.80. The standard InChI is InChI=1S/C26H31N3O4S/c1-2-33-23(30)21-18-20(10-11-22(21)29-14-16-32-17-15-29)27-25(34)28-24(31)26(12-6-7-13-26)19-8-4-3-5-9-19/h3-5,8-11,18H,2,6-7,12-17H2,1H3,(H2,27,28,31,34). The molecule has 7 nitrogen and oxygen atoms in total. The van der Waals surface area contributed by atoms with Crippen LogP contribution < -0.4 is 15.5 Å². The third-order valence-electron chi connectivity index (χ3n) is 6.55. The fourth-order valence-corrected chi connectivity index (χ4v) is 5.04. The van der Waals surface area contributed by atoms with Crippen LogP contribution in [-0.2, 0) is 19.7 Å². The molecule has 1 heterocycles. The van der Waals surface area contributed by atoms with Gasteiger partial charge < -0.3 is 25.0 Å². The lowest BCUT2D eigenvalue weighted by Gasteiger charge is -2.30. The molecule has 0 unspecified atom stereocenters. The van der Waals surface area contributed by atoms with E-state index in [-0.39, 0.29) is 17.6 Å². The van der Waals surface area contributed by atoms with Crippen molar-refractivity contribution in [2.24, 2.45) is 0 Å². The number of benzene rings is 2. The second-order valence-electron chi connectivity index (χ2n) is 8.62. The van der Waals surface area contributed by atoms with Crippen LogP contribution in [0.15, 0.2) is 48.5 Å². The first kappa shape index (κ1) is 24.2. The Labute approximate surface area is 205 Å². The van der Waals surface area contributed by atoms with E-state index in [9.17, 15) is 9.59 Å². The predicted octanol–water partition coefficient (Wildman–Crippen LogP) is 4.02. The third kappa shape index (κ3) is 5.23. The number of ether oxygens (including phenoxy) is 2. The van der Waals surface area contributed by atoms with Crippen LogP contribution >= 0.6 is 12.2 Å². The Morgan fingerprint density at radius 3 is 2.47 bits per heavy atom. The Bertz CT molecular complexity index is 1030. The van der Waals surface area contributed by atoms with Crippen LogP contribution in [0.4, 0.5) is 11.4 Å².